The standard InChI is InChI=1S/C32H46ClN3O6S/c1-22-18-36(23(2)21-37)32(38)29-17-27(34-43(39,40)28-13-10-26(33)11-14-28)12-15-30(29)42-24(3)7-5-6-16-41-31(22)20-35(4)19-25-8-9-25/h10-15,17,22-25,31,34,37H,5-9,16,18-21H2,1-4H3/t22-,23+,24-,31+/m0/s1. The van der Waals surface area contributed by atoms with Crippen molar-refractivity contribution in [3.05, 3.63) is 53.1 Å². The van der Waals surface area contributed by atoms with Gasteiger partial charge in [0.1, 0.15) is 5.75 Å². The average molecular weight is 636 g/mol. The molecule has 0 aromatic heterocycles. The van der Waals surface area contributed by atoms with Crippen molar-refractivity contribution in [3.63, 3.8) is 0 Å². The molecule has 0 bridgehead atoms. The van der Waals surface area contributed by atoms with E-state index >= 15 is 0 Å². The minimum Gasteiger partial charge on any atom is -0.490 e. The summed E-state index contributed by atoms with van der Waals surface area (Å²) >= 11 is 5.94. The van der Waals surface area contributed by atoms with Gasteiger partial charge in [-0.25, -0.2) is 8.42 Å². The van der Waals surface area contributed by atoms with Crippen LogP contribution < -0.4 is 9.46 Å². The third-order valence-corrected chi connectivity index (χ3v) is 9.84. The number of hydrogen-bond donors (Lipinski definition) is 2. The highest BCUT2D eigenvalue weighted by Gasteiger charge is 2.31. The van der Waals surface area contributed by atoms with Gasteiger partial charge in [0.25, 0.3) is 15.9 Å². The first-order chi connectivity index (χ1) is 20.5. The number of ether oxygens (including phenoxy) is 2. The molecule has 0 saturated heterocycles. The first kappa shape index (κ1) is 33.5. The van der Waals surface area contributed by atoms with Crippen molar-refractivity contribution in [2.24, 2.45) is 11.8 Å². The van der Waals surface area contributed by atoms with E-state index in [4.69, 9.17) is 21.1 Å². The zero-order chi connectivity index (χ0) is 31.1. The van der Waals surface area contributed by atoms with Crippen LogP contribution in [0.3, 0.4) is 0 Å². The number of halogens is 1. The monoisotopic (exact) mass is 635 g/mol. The molecule has 1 aliphatic heterocycles. The van der Waals surface area contributed by atoms with Crippen molar-refractivity contribution in [2.75, 3.05) is 44.6 Å². The predicted molar refractivity (Wildman–Crippen MR) is 169 cm³/mol. The van der Waals surface area contributed by atoms with Crippen LogP contribution in [0.5, 0.6) is 5.75 Å². The molecular formula is C32H46ClN3O6S. The second kappa shape index (κ2) is 15.1. The quantitative estimate of drug-likeness (QED) is 0.386. The summed E-state index contributed by atoms with van der Waals surface area (Å²) < 4.78 is 41.5. The molecule has 9 nitrogen and oxygen atoms in total. The first-order valence-corrected chi connectivity index (χ1v) is 17.1. The molecule has 2 aromatic rings. The Hall–Kier alpha value is -2.37. The van der Waals surface area contributed by atoms with E-state index in [-0.39, 0.29) is 46.8 Å². The molecule has 1 heterocycles. The van der Waals surface area contributed by atoms with Crippen molar-refractivity contribution < 1.29 is 27.8 Å². The summed E-state index contributed by atoms with van der Waals surface area (Å²) in [5.41, 5.74) is 0.461. The van der Waals surface area contributed by atoms with E-state index in [9.17, 15) is 18.3 Å². The van der Waals surface area contributed by atoms with E-state index in [1.54, 1.807) is 24.0 Å². The number of nitrogens with zero attached hydrogens (tertiary/aromatic N) is 2. The lowest BCUT2D eigenvalue weighted by Crippen LogP contribution is -2.47. The lowest BCUT2D eigenvalue weighted by molar-refractivity contribution is -0.0172. The van der Waals surface area contributed by atoms with Gasteiger partial charge < -0.3 is 24.4 Å². The zero-order valence-electron chi connectivity index (χ0n) is 25.7. The number of nitrogens with one attached hydrogen (secondary N) is 1. The second-order valence-corrected chi connectivity index (χ2v) is 14.4. The zero-order valence-corrected chi connectivity index (χ0v) is 27.2. The van der Waals surface area contributed by atoms with Crippen LogP contribution in [0.4, 0.5) is 5.69 Å². The lowest BCUT2D eigenvalue weighted by atomic mass is 10.0. The number of aliphatic hydroxyl groups excluding tert-OH is 1. The van der Waals surface area contributed by atoms with Crippen LogP contribution in [-0.4, -0.2) is 87.4 Å². The van der Waals surface area contributed by atoms with Crippen LogP contribution in [0.25, 0.3) is 0 Å². The number of aliphatic hydroxyl groups is 1. The van der Waals surface area contributed by atoms with E-state index in [2.05, 4.69) is 23.6 Å². The first-order valence-electron chi connectivity index (χ1n) is 15.3. The molecule has 2 aromatic carbocycles. The Bertz CT molecular complexity index is 1320. The highest BCUT2D eigenvalue weighted by atomic mass is 35.5. The molecule has 2 N–H and O–H groups in total. The summed E-state index contributed by atoms with van der Waals surface area (Å²) in [6, 6.07) is 10.1. The van der Waals surface area contributed by atoms with E-state index in [1.807, 2.05) is 6.92 Å². The highest BCUT2D eigenvalue weighted by Crippen LogP contribution is 2.31. The number of carbonyl (C=O) groups is 1. The smallest absolute Gasteiger partial charge is 0.261 e. The van der Waals surface area contributed by atoms with Crippen LogP contribution in [0, 0.1) is 11.8 Å². The second-order valence-electron chi connectivity index (χ2n) is 12.2. The molecule has 2 aliphatic rings. The Kier molecular flexibility index (Phi) is 11.8. The van der Waals surface area contributed by atoms with Gasteiger partial charge in [0, 0.05) is 42.9 Å². The van der Waals surface area contributed by atoms with E-state index in [1.165, 1.54) is 43.2 Å². The number of fused-ring (bicyclic) bond motifs is 1. The van der Waals surface area contributed by atoms with Gasteiger partial charge in [-0.1, -0.05) is 18.5 Å². The van der Waals surface area contributed by atoms with Crippen molar-refractivity contribution in [3.8, 4) is 5.75 Å². The molecular weight excluding hydrogens is 590 g/mol. The molecule has 1 saturated carbocycles. The fraction of sp³-hybridized carbons (Fsp3) is 0.594. The maximum atomic E-state index is 14.3. The average Bonchev–Trinajstić information content (AvgIpc) is 3.78. The number of benzene rings is 2. The number of amides is 1. The Labute approximate surface area is 261 Å². The van der Waals surface area contributed by atoms with Crippen LogP contribution in [-0.2, 0) is 14.8 Å². The number of anilines is 1. The van der Waals surface area contributed by atoms with E-state index in [0.717, 1.165) is 38.3 Å². The largest absolute Gasteiger partial charge is 0.490 e. The highest BCUT2D eigenvalue weighted by molar-refractivity contribution is 7.92. The van der Waals surface area contributed by atoms with Crippen LogP contribution in [0.15, 0.2) is 47.4 Å². The van der Waals surface area contributed by atoms with Crippen molar-refractivity contribution >= 4 is 33.2 Å². The fourth-order valence-electron chi connectivity index (χ4n) is 5.40. The van der Waals surface area contributed by atoms with Crippen LogP contribution >= 0.6 is 11.6 Å². The third-order valence-electron chi connectivity index (χ3n) is 8.19. The van der Waals surface area contributed by atoms with Gasteiger partial charge in [0.15, 0.2) is 0 Å². The maximum Gasteiger partial charge on any atom is 0.261 e. The van der Waals surface area contributed by atoms with Gasteiger partial charge in [-0.3, -0.25) is 9.52 Å². The Balaban J connectivity index is 1.65. The van der Waals surface area contributed by atoms with E-state index < -0.39 is 16.1 Å². The van der Waals surface area contributed by atoms with Crippen LogP contribution in [0.2, 0.25) is 5.02 Å². The summed E-state index contributed by atoms with van der Waals surface area (Å²) in [5, 5.41) is 10.6. The Morgan fingerprint density at radius 3 is 2.49 bits per heavy atom. The summed E-state index contributed by atoms with van der Waals surface area (Å²) in [4.78, 5) is 18.3. The van der Waals surface area contributed by atoms with Crippen molar-refractivity contribution in [1.29, 1.82) is 0 Å². The van der Waals surface area contributed by atoms with Gasteiger partial charge in [0.2, 0.25) is 0 Å². The summed E-state index contributed by atoms with van der Waals surface area (Å²) in [6.07, 6.45) is 4.89. The van der Waals surface area contributed by atoms with Crippen molar-refractivity contribution in [1.82, 2.24) is 9.80 Å². The van der Waals surface area contributed by atoms with Gasteiger partial charge in [0.05, 0.1) is 35.3 Å². The molecule has 0 radical (unpaired) electrons. The Morgan fingerprint density at radius 2 is 1.81 bits per heavy atom. The molecule has 43 heavy (non-hydrogen) atoms. The number of hydrogen-bond acceptors (Lipinski definition) is 7. The molecule has 11 heteroatoms. The third kappa shape index (κ3) is 9.56. The van der Waals surface area contributed by atoms with Gasteiger partial charge in [-0.15, -0.1) is 0 Å². The summed E-state index contributed by atoms with van der Waals surface area (Å²) in [7, 11) is -1.81. The molecule has 1 amide bonds. The summed E-state index contributed by atoms with van der Waals surface area (Å²) in [6.45, 7) is 8.43. The van der Waals surface area contributed by atoms with Gasteiger partial charge in [-0.2, -0.15) is 0 Å². The molecule has 4 atom stereocenters. The predicted octanol–water partition coefficient (Wildman–Crippen LogP) is 5.28. The lowest BCUT2D eigenvalue weighted by Gasteiger charge is -2.36. The number of sulfonamides is 1. The number of likely N-dealkylation sites (N-methyl/N-ethyl adjacent to an activating group) is 1. The normalized spacial score (nSPS) is 23.3. The minimum atomic E-state index is -3.94. The SMILES string of the molecule is C[C@H](CO)N1C[C@H](C)[C@@H](CN(C)CC2CC2)OCCCC[C@H](C)Oc2ccc(NS(=O)(=O)c3ccc(Cl)cc3)cc2C1=O. The topological polar surface area (TPSA) is 108 Å². The molecule has 0 unspecified atom stereocenters. The van der Waals surface area contributed by atoms with Gasteiger partial charge in [-0.05, 0) is 101 Å². The molecule has 238 valence electrons. The summed E-state index contributed by atoms with van der Waals surface area (Å²) in [5.74, 6) is 0.780. The van der Waals surface area contributed by atoms with E-state index in [0.29, 0.717) is 23.9 Å². The Morgan fingerprint density at radius 1 is 1.09 bits per heavy atom. The van der Waals surface area contributed by atoms with Gasteiger partial charge >= 0.3 is 0 Å². The maximum absolute atomic E-state index is 14.3. The number of carbonyl (C=O) groups excluding carboxylic acids is 1. The fourth-order valence-corrected chi connectivity index (χ4v) is 6.57. The minimum absolute atomic E-state index is 0.0163. The molecule has 1 fully saturated rings. The molecule has 0 spiro atoms. The molecule has 4 rings (SSSR count). The van der Waals surface area contributed by atoms with Crippen molar-refractivity contribution in [2.45, 2.75) is 76.0 Å². The number of rotatable bonds is 9. The van der Waals surface area contributed by atoms with Crippen LogP contribution in [0.1, 0.15) is 63.2 Å². The molecule has 1 aliphatic carbocycles.